The molecule has 0 fully saturated rings. The van der Waals surface area contributed by atoms with Gasteiger partial charge in [0.1, 0.15) is 0 Å². The van der Waals surface area contributed by atoms with Gasteiger partial charge in [0, 0.05) is 5.66 Å². The van der Waals surface area contributed by atoms with Crippen LogP contribution < -0.4 is 15.9 Å². The molecule has 186 valence electrons. The van der Waals surface area contributed by atoms with E-state index in [1.165, 1.54) is 56.9 Å². The molecule has 6 rings (SSSR count). The van der Waals surface area contributed by atoms with E-state index in [-0.39, 0.29) is 7.92 Å². The fourth-order valence-electron chi connectivity index (χ4n) is 5.56. The molecular formula is C36H32P2. The first kappa shape index (κ1) is 25.0. The van der Waals surface area contributed by atoms with Crippen LogP contribution in [0, 0.1) is 0 Å². The predicted octanol–water partition coefficient (Wildman–Crippen LogP) is 8.59. The smallest absolute Gasteiger partial charge is 0.0344 e. The second kappa shape index (κ2) is 12.0. The molecule has 0 heterocycles. The van der Waals surface area contributed by atoms with E-state index in [1.807, 2.05) is 0 Å². The quantitative estimate of drug-likeness (QED) is 0.178. The highest BCUT2D eigenvalue weighted by Crippen LogP contribution is 2.57. The van der Waals surface area contributed by atoms with Crippen LogP contribution in [-0.2, 0) is 0 Å². The van der Waals surface area contributed by atoms with Gasteiger partial charge in [-0.05, 0) is 64.8 Å². The van der Waals surface area contributed by atoms with Crippen LogP contribution in [0.25, 0.3) is 12.2 Å². The van der Waals surface area contributed by atoms with E-state index in [1.54, 1.807) is 0 Å². The summed E-state index contributed by atoms with van der Waals surface area (Å²) in [7, 11) is -0.843. The Morgan fingerprint density at radius 1 is 0.421 bits per heavy atom. The summed E-state index contributed by atoms with van der Waals surface area (Å²) in [6, 6.07) is 51.7. The molecule has 1 unspecified atom stereocenters. The molecule has 38 heavy (non-hydrogen) atoms. The summed E-state index contributed by atoms with van der Waals surface area (Å²) in [4.78, 5) is 0. The van der Waals surface area contributed by atoms with Crippen molar-refractivity contribution in [1.29, 1.82) is 0 Å². The van der Waals surface area contributed by atoms with Crippen LogP contribution in [0.1, 0.15) is 34.3 Å². The van der Waals surface area contributed by atoms with Crippen molar-refractivity contribution in [2.24, 2.45) is 0 Å². The maximum absolute atomic E-state index is 2.37. The Balaban J connectivity index is 1.36. The molecular weight excluding hydrogens is 494 g/mol. The van der Waals surface area contributed by atoms with E-state index in [9.17, 15) is 0 Å². The molecule has 0 saturated carbocycles. The van der Waals surface area contributed by atoms with Gasteiger partial charge in [0.05, 0.1) is 0 Å². The Labute approximate surface area is 229 Å². The molecule has 5 aromatic rings. The molecule has 0 spiro atoms. The summed E-state index contributed by atoms with van der Waals surface area (Å²) < 4.78 is 0. The van der Waals surface area contributed by atoms with Gasteiger partial charge >= 0.3 is 0 Å². The first-order chi connectivity index (χ1) is 18.9. The number of rotatable bonds is 8. The number of benzene rings is 5. The third kappa shape index (κ3) is 5.44. The maximum Gasteiger partial charge on any atom is 0.0344 e. The third-order valence-corrected chi connectivity index (χ3v) is 12.9. The summed E-state index contributed by atoms with van der Waals surface area (Å²) in [5, 5.41) is 4.46. The van der Waals surface area contributed by atoms with Crippen LogP contribution in [0.2, 0.25) is 0 Å². The standard InChI is InChI=1S/C36H32P2/c1-4-17-31(18-5-1)37(32-19-6-2-7-20-32)27-14-28-38(33-21-8-3-9-22-33)36-34-23-12-10-15-29(34)25-26-30-16-11-13-24-35(30)36/h1-13,15-26,36H,14,27-28H2. The van der Waals surface area contributed by atoms with Crippen LogP contribution in [-0.4, -0.2) is 12.3 Å². The molecule has 0 amide bonds. The van der Waals surface area contributed by atoms with Gasteiger partial charge in [-0.15, -0.1) is 0 Å². The van der Waals surface area contributed by atoms with E-state index in [0.717, 1.165) is 0 Å². The van der Waals surface area contributed by atoms with Crippen molar-refractivity contribution < 1.29 is 0 Å². The van der Waals surface area contributed by atoms with E-state index >= 15 is 0 Å². The molecule has 0 saturated heterocycles. The van der Waals surface area contributed by atoms with Crippen molar-refractivity contribution in [3.8, 4) is 0 Å². The maximum atomic E-state index is 2.37. The van der Waals surface area contributed by atoms with Crippen molar-refractivity contribution in [3.05, 3.63) is 162 Å². The average molecular weight is 527 g/mol. The molecule has 1 aliphatic rings. The summed E-state index contributed by atoms with van der Waals surface area (Å²) in [6.07, 6.45) is 8.27. The van der Waals surface area contributed by atoms with E-state index in [4.69, 9.17) is 0 Å². The largest absolute Gasteiger partial charge is 0.0631 e. The molecule has 1 aliphatic carbocycles. The van der Waals surface area contributed by atoms with Gasteiger partial charge in [0.2, 0.25) is 0 Å². The minimum absolute atomic E-state index is 0.380. The highest BCUT2D eigenvalue weighted by Gasteiger charge is 2.30. The van der Waals surface area contributed by atoms with E-state index in [0.29, 0.717) is 5.66 Å². The monoisotopic (exact) mass is 526 g/mol. The van der Waals surface area contributed by atoms with Crippen molar-refractivity contribution in [3.63, 3.8) is 0 Å². The van der Waals surface area contributed by atoms with Crippen molar-refractivity contribution in [2.45, 2.75) is 12.1 Å². The lowest BCUT2D eigenvalue weighted by molar-refractivity contribution is 1.07. The molecule has 0 nitrogen and oxygen atoms in total. The first-order valence-corrected chi connectivity index (χ1v) is 16.6. The normalized spacial score (nSPS) is 13.5. The molecule has 0 radical (unpaired) electrons. The van der Waals surface area contributed by atoms with Crippen LogP contribution in [0.15, 0.2) is 140 Å². The zero-order valence-corrected chi connectivity index (χ0v) is 23.3. The number of fused-ring (bicyclic) bond motifs is 2. The zero-order chi connectivity index (χ0) is 25.6. The molecule has 0 bridgehead atoms. The van der Waals surface area contributed by atoms with Crippen molar-refractivity contribution >= 4 is 43.9 Å². The fourth-order valence-corrected chi connectivity index (χ4v) is 11.2. The van der Waals surface area contributed by atoms with E-state index < -0.39 is 7.92 Å². The molecule has 0 aliphatic heterocycles. The Bertz CT molecular complexity index is 1400. The SMILES string of the molecule is C1=Cc2ccccc2C(P(CCCP(c2ccccc2)c2ccccc2)c2ccccc2)c2ccccc21. The van der Waals surface area contributed by atoms with Gasteiger partial charge in [-0.1, -0.05) is 160 Å². The predicted molar refractivity (Wildman–Crippen MR) is 170 cm³/mol. The van der Waals surface area contributed by atoms with Crippen LogP contribution >= 0.6 is 15.8 Å². The molecule has 2 heteroatoms. The summed E-state index contributed by atoms with van der Waals surface area (Å²) in [5.74, 6) is 0. The van der Waals surface area contributed by atoms with Crippen molar-refractivity contribution in [1.82, 2.24) is 0 Å². The van der Waals surface area contributed by atoms with Gasteiger partial charge in [0.15, 0.2) is 0 Å². The lowest BCUT2D eigenvalue weighted by Gasteiger charge is -2.31. The topological polar surface area (TPSA) is 0 Å². The molecule has 0 N–H and O–H groups in total. The fraction of sp³-hybridized carbons (Fsp3) is 0.111. The van der Waals surface area contributed by atoms with Crippen LogP contribution in [0.5, 0.6) is 0 Å². The molecule has 5 aromatic carbocycles. The Kier molecular flexibility index (Phi) is 7.92. The van der Waals surface area contributed by atoms with Gasteiger partial charge in [-0.2, -0.15) is 0 Å². The summed E-state index contributed by atoms with van der Waals surface area (Å²) in [6.45, 7) is 0. The lowest BCUT2D eigenvalue weighted by Crippen LogP contribution is -2.16. The van der Waals surface area contributed by atoms with Gasteiger partial charge in [0.25, 0.3) is 0 Å². The third-order valence-electron chi connectivity index (χ3n) is 7.34. The van der Waals surface area contributed by atoms with Crippen molar-refractivity contribution in [2.75, 3.05) is 12.3 Å². The zero-order valence-electron chi connectivity index (χ0n) is 21.5. The van der Waals surface area contributed by atoms with E-state index in [2.05, 4.69) is 152 Å². The highest BCUT2D eigenvalue weighted by molar-refractivity contribution is 7.73. The number of hydrogen-bond acceptors (Lipinski definition) is 0. The first-order valence-electron chi connectivity index (χ1n) is 13.4. The summed E-state index contributed by atoms with van der Waals surface area (Å²) in [5.41, 5.74) is 6.03. The Morgan fingerprint density at radius 2 is 0.842 bits per heavy atom. The second-order valence-electron chi connectivity index (χ2n) is 9.70. The summed E-state index contributed by atoms with van der Waals surface area (Å²) >= 11 is 0. The number of hydrogen-bond donors (Lipinski definition) is 0. The second-order valence-corrected chi connectivity index (χ2v) is 14.5. The van der Waals surface area contributed by atoms with Gasteiger partial charge < -0.3 is 0 Å². The lowest BCUT2D eigenvalue weighted by atomic mass is 9.99. The van der Waals surface area contributed by atoms with Crippen LogP contribution in [0.3, 0.4) is 0 Å². The minimum atomic E-state index is -0.462. The molecule has 0 aromatic heterocycles. The average Bonchev–Trinajstić information content (AvgIpc) is 3.16. The van der Waals surface area contributed by atoms with Gasteiger partial charge in [-0.25, -0.2) is 0 Å². The minimum Gasteiger partial charge on any atom is -0.0631 e. The van der Waals surface area contributed by atoms with Crippen LogP contribution in [0.4, 0.5) is 0 Å². The highest BCUT2D eigenvalue weighted by atomic mass is 31.1. The van der Waals surface area contributed by atoms with Gasteiger partial charge in [-0.3, -0.25) is 0 Å². The molecule has 1 atom stereocenters. The Hall–Kier alpha value is -3.30. The Morgan fingerprint density at radius 3 is 1.34 bits per heavy atom.